The summed E-state index contributed by atoms with van der Waals surface area (Å²) in [6, 6.07) is 10.1. The Bertz CT molecular complexity index is 1010. The summed E-state index contributed by atoms with van der Waals surface area (Å²) in [7, 11) is 3.16. The predicted molar refractivity (Wildman–Crippen MR) is 95.1 cm³/mol. The molecule has 0 amide bonds. The van der Waals surface area contributed by atoms with Crippen LogP contribution in [0.2, 0.25) is 0 Å². The van der Waals surface area contributed by atoms with Gasteiger partial charge in [-0.05, 0) is 42.0 Å². The molecule has 1 heterocycles. The van der Waals surface area contributed by atoms with Crippen molar-refractivity contribution in [3.8, 4) is 11.5 Å². The van der Waals surface area contributed by atoms with Crippen LogP contribution in [0.4, 0.5) is 0 Å². The fourth-order valence-electron chi connectivity index (χ4n) is 2.35. The summed E-state index contributed by atoms with van der Waals surface area (Å²) in [4.78, 5) is 23.9. The quantitative estimate of drug-likeness (QED) is 0.584. The summed E-state index contributed by atoms with van der Waals surface area (Å²) in [6.07, 6.45) is 3.16. The summed E-state index contributed by atoms with van der Waals surface area (Å²) in [6.45, 7) is 0. The first-order valence-electron chi connectivity index (χ1n) is 7.18. The van der Waals surface area contributed by atoms with E-state index in [0.29, 0.717) is 5.56 Å². The molecule has 0 unspecified atom stereocenters. The van der Waals surface area contributed by atoms with Gasteiger partial charge in [0.25, 0.3) is 0 Å². The molecule has 0 bridgehead atoms. The summed E-state index contributed by atoms with van der Waals surface area (Å²) < 4.78 is 7.48. The van der Waals surface area contributed by atoms with Crippen LogP contribution in [0.15, 0.2) is 47.3 Å². The highest BCUT2D eigenvalue weighted by Crippen LogP contribution is 2.26. The highest BCUT2D eigenvalue weighted by molar-refractivity contribution is 7.16. The number of fused-ring (bicyclic) bond motifs is 1. The minimum atomic E-state index is -0.199. The molecular formula is C18H15NO4S. The maximum atomic E-state index is 12.2. The fraction of sp³-hybridized carbons (Fsp3) is 0.111. The number of ether oxygens (including phenoxy) is 1. The van der Waals surface area contributed by atoms with E-state index in [-0.39, 0.29) is 22.2 Å². The van der Waals surface area contributed by atoms with Gasteiger partial charge in [0.1, 0.15) is 0 Å². The van der Waals surface area contributed by atoms with Gasteiger partial charge in [0, 0.05) is 12.6 Å². The van der Waals surface area contributed by atoms with Gasteiger partial charge >= 0.3 is 4.87 Å². The molecule has 3 rings (SSSR count). The van der Waals surface area contributed by atoms with Crippen molar-refractivity contribution in [3.63, 3.8) is 0 Å². The number of methoxy groups -OCH3 is 1. The Kier molecular flexibility index (Phi) is 4.22. The monoisotopic (exact) mass is 341 g/mol. The molecule has 0 saturated heterocycles. The van der Waals surface area contributed by atoms with Crippen LogP contribution in [0, 0.1) is 0 Å². The Hall–Kier alpha value is -2.86. The van der Waals surface area contributed by atoms with Crippen molar-refractivity contribution in [2.45, 2.75) is 0 Å². The first-order chi connectivity index (χ1) is 11.5. The van der Waals surface area contributed by atoms with Crippen molar-refractivity contribution >= 4 is 33.4 Å². The van der Waals surface area contributed by atoms with E-state index in [9.17, 15) is 14.7 Å². The number of carbonyl (C=O) groups is 1. The summed E-state index contributed by atoms with van der Waals surface area (Å²) in [5.74, 6) is 0.0434. The minimum absolute atomic E-state index is 0.0116. The van der Waals surface area contributed by atoms with Crippen LogP contribution in [0.1, 0.15) is 15.9 Å². The lowest BCUT2D eigenvalue weighted by molar-refractivity contribution is 0.104. The van der Waals surface area contributed by atoms with Gasteiger partial charge in [-0.15, -0.1) is 0 Å². The van der Waals surface area contributed by atoms with Gasteiger partial charge < -0.3 is 14.4 Å². The maximum Gasteiger partial charge on any atom is 0.307 e. The van der Waals surface area contributed by atoms with Crippen molar-refractivity contribution in [1.29, 1.82) is 0 Å². The number of nitrogens with zero attached hydrogens (tertiary/aromatic N) is 1. The van der Waals surface area contributed by atoms with Crippen molar-refractivity contribution < 1.29 is 14.6 Å². The van der Waals surface area contributed by atoms with Crippen LogP contribution in [0.25, 0.3) is 16.3 Å². The second-order valence-electron chi connectivity index (χ2n) is 5.24. The number of benzene rings is 2. The van der Waals surface area contributed by atoms with Gasteiger partial charge in [-0.1, -0.05) is 23.5 Å². The van der Waals surface area contributed by atoms with E-state index in [2.05, 4.69) is 0 Å². The smallest absolute Gasteiger partial charge is 0.307 e. The molecule has 5 nitrogen and oxygen atoms in total. The Morgan fingerprint density at radius 2 is 2.04 bits per heavy atom. The molecule has 0 saturated carbocycles. The number of carbonyl (C=O) groups excluding carboxylic acids is 1. The number of thiazole rings is 1. The molecule has 24 heavy (non-hydrogen) atoms. The largest absolute Gasteiger partial charge is 0.504 e. The SMILES string of the molecule is COc1cc(C(=O)C=Cc2ccc3c(c2)sc(=O)n3C)ccc1O. The molecule has 0 fully saturated rings. The molecule has 122 valence electrons. The molecule has 0 aliphatic rings. The van der Waals surface area contributed by atoms with Crippen LogP contribution in [-0.2, 0) is 7.05 Å². The van der Waals surface area contributed by atoms with Crippen molar-refractivity contribution in [1.82, 2.24) is 4.57 Å². The third kappa shape index (κ3) is 2.96. The zero-order valence-electron chi connectivity index (χ0n) is 13.1. The molecule has 0 atom stereocenters. The van der Waals surface area contributed by atoms with Crippen molar-refractivity contribution in [2.75, 3.05) is 7.11 Å². The van der Waals surface area contributed by atoms with Gasteiger partial charge in [-0.25, -0.2) is 0 Å². The van der Waals surface area contributed by atoms with Gasteiger partial charge in [0.2, 0.25) is 0 Å². The van der Waals surface area contributed by atoms with Crippen LogP contribution in [0.3, 0.4) is 0 Å². The first kappa shape index (κ1) is 16.0. The maximum absolute atomic E-state index is 12.2. The number of hydrogen-bond donors (Lipinski definition) is 1. The molecule has 1 aromatic heterocycles. The highest BCUT2D eigenvalue weighted by Gasteiger charge is 2.08. The van der Waals surface area contributed by atoms with Gasteiger partial charge in [-0.3, -0.25) is 9.59 Å². The number of aromatic hydroxyl groups is 1. The number of aromatic nitrogens is 1. The second kappa shape index (κ2) is 6.33. The van der Waals surface area contributed by atoms with E-state index in [1.165, 1.54) is 42.7 Å². The molecule has 0 aliphatic carbocycles. The number of phenols is 1. The Morgan fingerprint density at radius 3 is 2.79 bits per heavy atom. The lowest BCUT2D eigenvalue weighted by Crippen LogP contribution is -2.06. The fourth-order valence-corrected chi connectivity index (χ4v) is 3.28. The van der Waals surface area contributed by atoms with Gasteiger partial charge in [-0.2, -0.15) is 0 Å². The van der Waals surface area contributed by atoms with Gasteiger partial charge in [0.05, 0.1) is 17.3 Å². The number of hydrogen-bond acceptors (Lipinski definition) is 5. The highest BCUT2D eigenvalue weighted by atomic mass is 32.1. The van der Waals surface area contributed by atoms with Crippen LogP contribution in [-0.4, -0.2) is 22.6 Å². The summed E-state index contributed by atoms with van der Waals surface area (Å²) in [5.41, 5.74) is 2.13. The van der Waals surface area contributed by atoms with Crippen molar-refractivity contribution in [3.05, 3.63) is 63.3 Å². The number of aryl methyl sites for hydroxylation is 1. The lowest BCUT2D eigenvalue weighted by atomic mass is 10.1. The average Bonchev–Trinajstić information content (AvgIpc) is 2.87. The number of ketones is 1. The normalized spacial score (nSPS) is 11.2. The first-order valence-corrected chi connectivity index (χ1v) is 8.00. The summed E-state index contributed by atoms with van der Waals surface area (Å²) in [5, 5.41) is 9.57. The second-order valence-corrected chi connectivity index (χ2v) is 6.23. The zero-order chi connectivity index (χ0) is 17.3. The van der Waals surface area contributed by atoms with E-state index in [4.69, 9.17) is 4.74 Å². The molecular weight excluding hydrogens is 326 g/mol. The Morgan fingerprint density at radius 1 is 1.25 bits per heavy atom. The zero-order valence-corrected chi connectivity index (χ0v) is 14.0. The van der Waals surface area contributed by atoms with Crippen LogP contribution in [0.5, 0.6) is 11.5 Å². The Balaban J connectivity index is 1.87. The Labute approximate surface area is 142 Å². The third-order valence-corrected chi connectivity index (χ3v) is 4.70. The van der Waals surface area contributed by atoms with E-state index in [1.807, 2.05) is 18.2 Å². The van der Waals surface area contributed by atoms with Crippen LogP contribution < -0.4 is 9.61 Å². The number of allylic oxidation sites excluding steroid dienone is 1. The lowest BCUT2D eigenvalue weighted by Gasteiger charge is -2.04. The molecule has 2 aromatic carbocycles. The topological polar surface area (TPSA) is 68.5 Å². The molecule has 6 heteroatoms. The number of rotatable bonds is 4. The average molecular weight is 341 g/mol. The molecule has 0 radical (unpaired) electrons. The van der Waals surface area contributed by atoms with E-state index < -0.39 is 0 Å². The standard InChI is InChI=1S/C18H15NO4S/c1-19-13-6-3-11(9-17(13)24-18(19)22)4-7-14(20)12-5-8-15(21)16(10-12)23-2/h3-10,21H,1-2H3. The molecule has 0 aliphatic heterocycles. The molecule has 3 aromatic rings. The molecule has 0 spiro atoms. The molecule has 1 N–H and O–H groups in total. The van der Waals surface area contributed by atoms with E-state index in [0.717, 1.165) is 15.8 Å². The predicted octanol–water partition coefficient (Wildman–Crippen LogP) is 3.21. The summed E-state index contributed by atoms with van der Waals surface area (Å²) >= 11 is 1.17. The van der Waals surface area contributed by atoms with E-state index in [1.54, 1.807) is 17.7 Å². The van der Waals surface area contributed by atoms with E-state index >= 15 is 0 Å². The minimum Gasteiger partial charge on any atom is -0.504 e. The third-order valence-electron chi connectivity index (χ3n) is 3.71. The van der Waals surface area contributed by atoms with Crippen LogP contribution >= 0.6 is 11.3 Å². The van der Waals surface area contributed by atoms with Gasteiger partial charge in [0.15, 0.2) is 17.3 Å². The van der Waals surface area contributed by atoms with Crippen molar-refractivity contribution in [2.24, 2.45) is 7.05 Å². The number of phenolic OH excluding ortho intramolecular Hbond substituents is 1.